The van der Waals surface area contributed by atoms with E-state index in [1.54, 1.807) is 12.1 Å². The SMILES string of the molecule is CCCNCc1cccc(OCC(F)(F)C(F)F)n1. The Balaban J connectivity index is 2.52. The van der Waals surface area contributed by atoms with E-state index in [0.29, 0.717) is 12.2 Å². The Bertz CT molecular complexity index is 388. The van der Waals surface area contributed by atoms with E-state index >= 15 is 0 Å². The maximum Gasteiger partial charge on any atom is 0.340 e. The van der Waals surface area contributed by atoms with Gasteiger partial charge in [-0.3, -0.25) is 0 Å². The Labute approximate surface area is 109 Å². The minimum Gasteiger partial charge on any atom is -0.471 e. The molecule has 0 bridgehead atoms. The molecular formula is C12H16F4N2O. The summed E-state index contributed by atoms with van der Waals surface area (Å²) in [4.78, 5) is 3.94. The van der Waals surface area contributed by atoms with Crippen molar-refractivity contribution in [3.05, 3.63) is 23.9 Å². The standard InChI is InChI=1S/C12H16F4N2O/c1-2-6-17-7-9-4-3-5-10(18-9)19-8-12(15,16)11(13)14/h3-5,11,17H,2,6-8H2,1H3. The van der Waals surface area contributed by atoms with E-state index in [1.807, 2.05) is 6.92 Å². The topological polar surface area (TPSA) is 34.1 Å². The third-order valence-electron chi connectivity index (χ3n) is 2.25. The number of alkyl halides is 4. The monoisotopic (exact) mass is 280 g/mol. The van der Waals surface area contributed by atoms with Crippen LogP contribution in [-0.2, 0) is 6.54 Å². The zero-order valence-electron chi connectivity index (χ0n) is 10.5. The number of hydrogen-bond donors (Lipinski definition) is 1. The van der Waals surface area contributed by atoms with Crippen LogP contribution >= 0.6 is 0 Å². The van der Waals surface area contributed by atoms with Gasteiger partial charge in [-0.15, -0.1) is 0 Å². The maximum atomic E-state index is 12.7. The molecule has 19 heavy (non-hydrogen) atoms. The van der Waals surface area contributed by atoms with Crippen molar-refractivity contribution in [2.75, 3.05) is 13.2 Å². The molecule has 1 N–H and O–H groups in total. The molecule has 0 radical (unpaired) electrons. The van der Waals surface area contributed by atoms with Gasteiger partial charge in [-0.1, -0.05) is 13.0 Å². The molecule has 108 valence electrons. The third kappa shape index (κ3) is 5.42. The molecule has 0 saturated carbocycles. The van der Waals surface area contributed by atoms with Gasteiger partial charge < -0.3 is 10.1 Å². The first kappa shape index (κ1) is 15.7. The van der Waals surface area contributed by atoms with Crippen LogP contribution in [0.15, 0.2) is 18.2 Å². The van der Waals surface area contributed by atoms with Crippen LogP contribution in [0, 0.1) is 0 Å². The van der Waals surface area contributed by atoms with E-state index in [9.17, 15) is 17.6 Å². The highest BCUT2D eigenvalue weighted by Gasteiger charge is 2.41. The molecule has 7 heteroatoms. The molecule has 0 unspecified atom stereocenters. The van der Waals surface area contributed by atoms with Gasteiger partial charge in [-0.05, 0) is 19.0 Å². The Hall–Kier alpha value is -1.37. The highest BCUT2D eigenvalue weighted by molar-refractivity contribution is 5.15. The number of nitrogens with one attached hydrogen (secondary N) is 1. The first-order chi connectivity index (χ1) is 8.95. The van der Waals surface area contributed by atoms with Gasteiger partial charge in [0.15, 0.2) is 6.61 Å². The van der Waals surface area contributed by atoms with Gasteiger partial charge in [0.1, 0.15) is 0 Å². The predicted molar refractivity (Wildman–Crippen MR) is 62.7 cm³/mol. The van der Waals surface area contributed by atoms with E-state index in [4.69, 9.17) is 0 Å². The highest BCUT2D eigenvalue weighted by Crippen LogP contribution is 2.23. The summed E-state index contributed by atoms with van der Waals surface area (Å²) in [7, 11) is 0. The van der Waals surface area contributed by atoms with E-state index in [0.717, 1.165) is 13.0 Å². The van der Waals surface area contributed by atoms with Crippen LogP contribution in [0.3, 0.4) is 0 Å². The normalized spacial score (nSPS) is 11.9. The molecule has 0 aliphatic carbocycles. The fourth-order valence-electron chi connectivity index (χ4n) is 1.26. The average Bonchev–Trinajstić information content (AvgIpc) is 2.37. The van der Waals surface area contributed by atoms with Crippen molar-refractivity contribution in [1.82, 2.24) is 10.3 Å². The fourth-order valence-corrected chi connectivity index (χ4v) is 1.26. The minimum atomic E-state index is -4.17. The van der Waals surface area contributed by atoms with Crippen molar-refractivity contribution >= 4 is 0 Å². The molecule has 0 fully saturated rings. The summed E-state index contributed by atoms with van der Waals surface area (Å²) in [5.41, 5.74) is 0.603. The van der Waals surface area contributed by atoms with E-state index in [1.165, 1.54) is 6.07 Å². The van der Waals surface area contributed by atoms with Crippen LogP contribution in [-0.4, -0.2) is 30.5 Å². The molecule has 1 aromatic heterocycles. The van der Waals surface area contributed by atoms with Gasteiger partial charge in [0.05, 0.1) is 5.69 Å². The van der Waals surface area contributed by atoms with Crippen LogP contribution in [0.25, 0.3) is 0 Å². The first-order valence-electron chi connectivity index (χ1n) is 5.91. The number of pyridine rings is 1. The van der Waals surface area contributed by atoms with Crippen molar-refractivity contribution < 1.29 is 22.3 Å². The number of hydrogen-bond acceptors (Lipinski definition) is 3. The summed E-state index contributed by atoms with van der Waals surface area (Å²) >= 11 is 0. The zero-order chi connectivity index (χ0) is 14.3. The van der Waals surface area contributed by atoms with Crippen LogP contribution in [0.2, 0.25) is 0 Å². The van der Waals surface area contributed by atoms with Gasteiger partial charge in [0, 0.05) is 12.6 Å². The molecular weight excluding hydrogens is 264 g/mol. The molecule has 1 rings (SSSR count). The maximum absolute atomic E-state index is 12.7. The second-order valence-corrected chi connectivity index (χ2v) is 3.99. The molecule has 0 amide bonds. The Morgan fingerprint density at radius 1 is 1.37 bits per heavy atom. The average molecular weight is 280 g/mol. The quantitative estimate of drug-likeness (QED) is 0.587. The predicted octanol–water partition coefficient (Wildman–Crippen LogP) is 2.86. The molecule has 0 aliphatic rings. The highest BCUT2D eigenvalue weighted by atomic mass is 19.3. The molecule has 0 aliphatic heterocycles. The Kier molecular flexibility index (Phi) is 6.01. The van der Waals surface area contributed by atoms with Crippen molar-refractivity contribution in [2.45, 2.75) is 32.2 Å². The number of nitrogens with zero attached hydrogens (tertiary/aromatic N) is 1. The lowest BCUT2D eigenvalue weighted by Gasteiger charge is -2.15. The Morgan fingerprint density at radius 3 is 2.74 bits per heavy atom. The van der Waals surface area contributed by atoms with Gasteiger partial charge in [0.25, 0.3) is 0 Å². The second-order valence-electron chi connectivity index (χ2n) is 3.99. The lowest BCUT2D eigenvalue weighted by Crippen LogP contribution is -2.34. The van der Waals surface area contributed by atoms with Crippen molar-refractivity contribution in [2.24, 2.45) is 0 Å². The minimum absolute atomic E-state index is 0.0869. The smallest absolute Gasteiger partial charge is 0.340 e. The number of halogens is 4. The molecule has 0 spiro atoms. The number of ether oxygens (including phenoxy) is 1. The lowest BCUT2D eigenvalue weighted by atomic mass is 10.3. The summed E-state index contributed by atoms with van der Waals surface area (Å²) < 4.78 is 53.8. The van der Waals surface area contributed by atoms with Gasteiger partial charge in [-0.25, -0.2) is 13.8 Å². The summed E-state index contributed by atoms with van der Waals surface area (Å²) in [6.45, 7) is 1.89. The molecule has 1 aromatic rings. The third-order valence-corrected chi connectivity index (χ3v) is 2.25. The molecule has 0 atom stereocenters. The molecule has 3 nitrogen and oxygen atoms in total. The molecule has 1 heterocycles. The van der Waals surface area contributed by atoms with Crippen molar-refractivity contribution in [1.29, 1.82) is 0 Å². The Morgan fingerprint density at radius 2 is 2.11 bits per heavy atom. The van der Waals surface area contributed by atoms with Crippen LogP contribution in [0.1, 0.15) is 19.0 Å². The first-order valence-corrected chi connectivity index (χ1v) is 5.91. The van der Waals surface area contributed by atoms with Gasteiger partial charge >= 0.3 is 12.3 Å². The number of aromatic nitrogens is 1. The summed E-state index contributed by atoms with van der Waals surface area (Å²) in [5, 5.41) is 3.08. The van der Waals surface area contributed by atoms with E-state index in [-0.39, 0.29) is 5.88 Å². The number of rotatable bonds is 8. The van der Waals surface area contributed by atoms with Gasteiger partial charge in [0.2, 0.25) is 5.88 Å². The van der Waals surface area contributed by atoms with Crippen LogP contribution in [0.4, 0.5) is 17.6 Å². The largest absolute Gasteiger partial charge is 0.471 e. The van der Waals surface area contributed by atoms with E-state index < -0.39 is 19.0 Å². The molecule has 0 aromatic carbocycles. The summed E-state index contributed by atoms with van der Waals surface area (Å²) in [5.74, 6) is -4.26. The van der Waals surface area contributed by atoms with Crippen LogP contribution in [0.5, 0.6) is 5.88 Å². The molecule has 0 saturated heterocycles. The van der Waals surface area contributed by atoms with Gasteiger partial charge in [-0.2, -0.15) is 8.78 Å². The van der Waals surface area contributed by atoms with E-state index in [2.05, 4.69) is 15.0 Å². The summed E-state index contributed by atoms with van der Waals surface area (Å²) in [6, 6.07) is 4.62. The van der Waals surface area contributed by atoms with Crippen molar-refractivity contribution in [3.63, 3.8) is 0 Å². The fraction of sp³-hybridized carbons (Fsp3) is 0.583. The second kappa shape index (κ2) is 7.28. The summed E-state index contributed by atoms with van der Waals surface area (Å²) in [6.07, 6.45) is -2.79. The van der Waals surface area contributed by atoms with Crippen LogP contribution < -0.4 is 10.1 Å². The zero-order valence-corrected chi connectivity index (χ0v) is 10.5. The lowest BCUT2D eigenvalue weighted by molar-refractivity contribution is -0.148. The van der Waals surface area contributed by atoms with Crippen molar-refractivity contribution in [3.8, 4) is 5.88 Å².